The highest BCUT2D eigenvalue weighted by atomic mass is 19.1. The molecule has 1 aromatic rings. The number of methoxy groups -OCH3 is 1. The Morgan fingerprint density at radius 2 is 1.38 bits per heavy atom. The summed E-state index contributed by atoms with van der Waals surface area (Å²) in [6, 6.07) is 6.30. The molecule has 0 N–H and O–H groups in total. The summed E-state index contributed by atoms with van der Waals surface area (Å²) in [7, 11) is 1.77. The number of rotatable bonds is 16. The molecule has 1 unspecified atom stereocenters. The van der Waals surface area contributed by atoms with Crippen LogP contribution in [0.1, 0.15) is 172 Å². The van der Waals surface area contributed by atoms with Crippen LogP contribution in [-0.4, -0.2) is 13.7 Å². The third-order valence-electron chi connectivity index (χ3n) is 12.0. The number of ether oxygens (including phenoxy) is 1. The van der Waals surface area contributed by atoms with Gasteiger partial charge in [0.25, 0.3) is 0 Å². The topological polar surface area (TPSA) is 9.23 Å². The molecule has 238 valence electrons. The average Bonchev–Trinajstić information content (AvgIpc) is 3.01. The SMILES string of the molecule is C=C(C)CCCC(CCCOC)c1ccc(C2CCC(C3CCC(C4CCC(CCCCC)CC4)CC3)CC2)c(F)c1. The fourth-order valence-corrected chi connectivity index (χ4v) is 9.35. The Bertz CT molecular complexity index is 898. The first-order chi connectivity index (χ1) is 20.5. The molecule has 1 atom stereocenters. The quantitative estimate of drug-likeness (QED) is 0.140. The molecular formula is C40H65FO. The van der Waals surface area contributed by atoms with Gasteiger partial charge in [0.1, 0.15) is 5.82 Å². The van der Waals surface area contributed by atoms with Crippen molar-refractivity contribution in [1.29, 1.82) is 0 Å². The van der Waals surface area contributed by atoms with Crippen molar-refractivity contribution in [1.82, 2.24) is 0 Å². The highest BCUT2D eigenvalue weighted by molar-refractivity contribution is 5.30. The Balaban J connectivity index is 1.21. The van der Waals surface area contributed by atoms with E-state index in [4.69, 9.17) is 4.74 Å². The molecular weight excluding hydrogens is 515 g/mol. The van der Waals surface area contributed by atoms with E-state index in [1.807, 2.05) is 6.07 Å². The zero-order valence-electron chi connectivity index (χ0n) is 27.8. The van der Waals surface area contributed by atoms with Crippen LogP contribution < -0.4 is 0 Å². The minimum Gasteiger partial charge on any atom is -0.385 e. The maximum Gasteiger partial charge on any atom is 0.126 e. The van der Waals surface area contributed by atoms with Crippen LogP contribution >= 0.6 is 0 Å². The molecule has 3 aliphatic rings. The van der Waals surface area contributed by atoms with Gasteiger partial charge < -0.3 is 4.74 Å². The summed E-state index contributed by atoms with van der Waals surface area (Å²) in [5.41, 5.74) is 3.42. The van der Waals surface area contributed by atoms with Gasteiger partial charge in [-0.2, -0.15) is 0 Å². The Labute approximate surface area is 259 Å². The van der Waals surface area contributed by atoms with Crippen LogP contribution in [0.3, 0.4) is 0 Å². The molecule has 0 bridgehead atoms. The lowest BCUT2D eigenvalue weighted by Crippen LogP contribution is -2.29. The van der Waals surface area contributed by atoms with E-state index in [2.05, 4.69) is 32.6 Å². The van der Waals surface area contributed by atoms with Crippen LogP contribution in [-0.2, 0) is 4.74 Å². The number of hydrogen-bond acceptors (Lipinski definition) is 1. The Morgan fingerprint density at radius 3 is 1.93 bits per heavy atom. The predicted molar refractivity (Wildman–Crippen MR) is 179 cm³/mol. The highest BCUT2D eigenvalue weighted by Crippen LogP contribution is 2.48. The fourth-order valence-electron chi connectivity index (χ4n) is 9.35. The van der Waals surface area contributed by atoms with E-state index in [0.717, 1.165) is 73.9 Å². The van der Waals surface area contributed by atoms with Gasteiger partial charge in [0.15, 0.2) is 0 Å². The van der Waals surface area contributed by atoms with E-state index in [1.54, 1.807) is 7.11 Å². The van der Waals surface area contributed by atoms with E-state index in [0.29, 0.717) is 11.8 Å². The van der Waals surface area contributed by atoms with Gasteiger partial charge in [-0.05, 0) is 162 Å². The van der Waals surface area contributed by atoms with Crippen molar-refractivity contribution in [2.24, 2.45) is 29.6 Å². The van der Waals surface area contributed by atoms with E-state index in [9.17, 15) is 0 Å². The van der Waals surface area contributed by atoms with Crippen molar-refractivity contribution in [2.45, 2.75) is 161 Å². The normalized spacial score (nSPS) is 29.3. The van der Waals surface area contributed by atoms with Gasteiger partial charge in [-0.1, -0.05) is 63.2 Å². The highest BCUT2D eigenvalue weighted by Gasteiger charge is 2.35. The van der Waals surface area contributed by atoms with Crippen LogP contribution in [0.2, 0.25) is 0 Å². The van der Waals surface area contributed by atoms with Crippen LogP contribution in [0, 0.1) is 35.4 Å². The minimum atomic E-state index is 0.0492. The number of allylic oxidation sites excluding steroid dienone is 1. The van der Waals surface area contributed by atoms with Crippen molar-refractivity contribution in [3.63, 3.8) is 0 Å². The summed E-state index contributed by atoms with van der Waals surface area (Å²) in [6.45, 7) is 9.28. The van der Waals surface area contributed by atoms with E-state index in [-0.39, 0.29) is 5.82 Å². The molecule has 3 aliphatic carbocycles. The summed E-state index contributed by atoms with van der Waals surface area (Å²) >= 11 is 0. The first-order valence-electron chi connectivity index (χ1n) is 18.4. The molecule has 42 heavy (non-hydrogen) atoms. The molecule has 2 heteroatoms. The van der Waals surface area contributed by atoms with Crippen LogP contribution in [0.15, 0.2) is 30.4 Å². The van der Waals surface area contributed by atoms with E-state index < -0.39 is 0 Å². The lowest BCUT2D eigenvalue weighted by Gasteiger charge is -2.41. The summed E-state index contributed by atoms with van der Waals surface area (Å²) in [4.78, 5) is 0. The molecule has 1 aromatic carbocycles. The lowest BCUT2D eigenvalue weighted by atomic mass is 9.64. The van der Waals surface area contributed by atoms with Gasteiger partial charge in [0, 0.05) is 13.7 Å². The lowest BCUT2D eigenvalue weighted by molar-refractivity contribution is 0.108. The van der Waals surface area contributed by atoms with Gasteiger partial charge in [0.05, 0.1) is 0 Å². The number of halogens is 1. The monoisotopic (exact) mass is 581 g/mol. The molecule has 0 radical (unpaired) electrons. The number of hydrogen-bond donors (Lipinski definition) is 0. The molecule has 3 fully saturated rings. The minimum absolute atomic E-state index is 0.0492. The third kappa shape index (κ3) is 10.2. The summed E-state index contributed by atoms with van der Waals surface area (Å²) < 4.78 is 20.9. The second-order valence-electron chi connectivity index (χ2n) is 15.0. The zero-order chi connectivity index (χ0) is 29.7. The summed E-state index contributed by atoms with van der Waals surface area (Å²) in [5, 5.41) is 0. The van der Waals surface area contributed by atoms with Crippen LogP contribution in [0.25, 0.3) is 0 Å². The van der Waals surface area contributed by atoms with Gasteiger partial charge >= 0.3 is 0 Å². The first-order valence-corrected chi connectivity index (χ1v) is 18.4. The molecule has 0 spiro atoms. The molecule has 0 heterocycles. The maximum absolute atomic E-state index is 15.6. The smallest absolute Gasteiger partial charge is 0.126 e. The Hall–Kier alpha value is -1.15. The summed E-state index contributed by atoms with van der Waals surface area (Å²) in [6.07, 6.45) is 28.1. The van der Waals surface area contributed by atoms with Crippen molar-refractivity contribution in [3.05, 3.63) is 47.3 Å². The second kappa shape index (κ2) is 18.0. The Kier molecular flexibility index (Phi) is 14.4. The number of benzene rings is 1. The summed E-state index contributed by atoms with van der Waals surface area (Å²) in [5.74, 6) is 5.78. The zero-order valence-corrected chi connectivity index (χ0v) is 27.8. The molecule has 0 saturated heterocycles. The average molecular weight is 581 g/mol. The van der Waals surface area contributed by atoms with Crippen LogP contribution in [0.4, 0.5) is 4.39 Å². The van der Waals surface area contributed by atoms with Gasteiger partial charge in [0.2, 0.25) is 0 Å². The fraction of sp³-hybridized carbons (Fsp3) is 0.800. The predicted octanol–water partition coefficient (Wildman–Crippen LogP) is 12.5. The first kappa shape index (κ1) is 33.7. The van der Waals surface area contributed by atoms with Crippen molar-refractivity contribution in [3.8, 4) is 0 Å². The number of unbranched alkanes of at least 4 members (excludes halogenated alkanes) is 2. The van der Waals surface area contributed by atoms with Crippen molar-refractivity contribution >= 4 is 0 Å². The Morgan fingerprint density at radius 1 is 0.810 bits per heavy atom. The van der Waals surface area contributed by atoms with Gasteiger partial charge in [-0.15, -0.1) is 6.58 Å². The van der Waals surface area contributed by atoms with E-state index >= 15 is 4.39 Å². The molecule has 3 saturated carbocycles. The standard InChI is InChI=1S/C40H65FO/c1-5-6-7-11-31-14-16-33(17-15-31)34-18-20-35(21-19-34)36-22-24-37(25-23-36)39-27-26-38(29-40(39)41)32(13-9-28-42-4)12-8-10-30(2)3/h26-27,29,31-37H,2,5-25,28H2,1,3-4H3. The van der Waals surface area contributed by atoms with Gasteiger partial charge in [-0.3, -0.25) is 0 Å². The molecule has 0 aliphatic heterocycles. The molecule has 0 aromatic heterocycles. The largest absolute Gasteiger partial charge is 0.385 e. The molecule has 0 amide bonds. The van der Waals surface area contributed by atoms with Crippen molar-refractivity contribution < 1.29 is 9.13 Å². The third-order valence-corrected chi connectivity index (χ3v) is 12.0. The molecule has 1 nitrogen and oxygen atoms in total. The van der Waals surface area contributed by atoms with Crippen LogP contribution in [0.5, 0.6) is 0 Å². The van der Waals surface area contributed by atoms with Crippen molar-refractivity contribution in [2.75, 3.05) is 13.7 Å². The maximum atomic E-state index is 15.6. The van der Waals surface area contributed by atoms with Gasteiger partial charge in [-0.25, -0.2) is 4.39 Å². The second-order valence-corrected chi connectivity index (χ2v) is 15.0. The van der Waals surface area contributed by atoms with E-state index in [1.165, 1.54) is 114 Å². The molecule has 4 rings (SSSR count).